The number of methoxy groups -OCH3 is 1. The van der Waals surface area contributed by atoms with Gasteiger partial charge in [-0.15, -0.1) is 0 Å². The van der Waals surface area contributed by atoms with E-state index in [9.17, 15) is 14.7 Å². The predicted octanol–water partition coefficient (Wildman–Crippen LogP) is -0.199. The lowest BCUT2D eigenvalue weighted by atomic mass is 9.83. The quantitative estimate of drug-likeness (QED) is 0.284. The van der Waals surface area contributed by atoms with Crippen LogP contribution in [0, 0.1) is 5.92 Å². The van der Waals surface area contributed by atoms with Crippen LogP contribution < -0.4 is 11.1 Å². The maximum Gasteiger partial charge on any atom is 0.402 e. The number of nitrogens with zero attached hydrogens (tertiary/aromatic N) is 2. The van der Waals surface area contributed by atoms with Gasteiger partial charge in [0.05, 0.1) is 30.9 Å². The van der Waals surface area contributed by atoms with Gasteiger partial charge in [0.15, 0.2) is 11.5 Å². The lowest BCUT2D eigenvalue weighted by Crippen LogP contribution is -2.54. The van der Waals surface area contributed by atoms with Crippen LogP contribution >= 0.6 is 0 Å². The van der Waals surface area contributed by atoms with Crippen LogP contribution in [0.25, 0.3) is 0 Å². The van der Waals surface area contributed by atoms with Crippen molar-refractivity contribution in [1.29, 1.82) is 0 Å². The molecular weight excluding hydrogens is 444 g/mol. The number of allylic oxidation sites excluding steroid dienone is 2. The minimum absolute atomic E-state index is 0.0120. The standard InChI is InChI=1S/C22H31N3O5.CH3NO2/c1-4-24-8-5-6-13(24)7-9-30-20-12(2)18(27)17-16(19(20)28)14(11-26)22(29-3)21-15(23-21)10-25(17)22;2-1(3)4/h13-15,21,23,26H,4-11H2,1-3H3;2H2,(H,3,4). The molecule has 0 bridgehead atoms. The third-order valence-electron chi connectivity index (χ3n) is 7.77. The summed E-state index contributed by atoms with van der Waals surface area (Å²) in [4.78, 5) is 39.9. The highest BCUT2D eigenvalue weighted by Crippen LogP contribution is 2.55. The van der Waals surface area contributed by atoms with E-state index in [1.807, 2.05) is 4.90 Å². The van der Waals surface area contributed by atoms with Crippen LogP contribution in [0.4, 0.5) is 4.79 Å². The summed E-state index contributed by atoms with van der Waals surface area (Å²) >= 11 is 0. The lowest BCUT2D eigenvalue weighted by molar-refractivity contribution is -0.137. The Morgan fingerprint density at radius 3 is 2.65 bits per heavy atom. The number of aliphatic hydroxyl groups excluding tert-OH is 1. The molecule has 5 aliphatic rings. The van der Waals surface area contributed by atoms with Crippen LogP contribution in [-0.4, -0.2) is 101 Å². The van der Waals surface area contributed by atoms with Gasteiger partial charge in [-0.3, -0.25) is 9.59 Å². The van der Waals surface area contributed by atoms with Gasteiger partial charge < -0.3 is 40.5 Å². The first kappa shape index (κ1) is 24.6. The Kier molecular flexibility index (Phi) is 6.74. The SMILES string of the molecule is CCN1CCCC1CCOC1=C(C)C(=O)C2=C(C1=O)C(CO)C1(OC)C3NC3CN21.NC(=O)O. The van der Waals surface area contributed by atoms with Crippen molar-refractivity contribution in [2.75, 3.05) is 40.0 Å². The molecule has 5 N–H and O–H groups in total. The molecule has 0 saturated carbocycles. The zero-order valence-electron chi connectivity index (χ0n) is 19.9. The van der Waals surface area contributed by atoms with E-state index >= 15 is 0 Å². The van der Waals surface area contributed by atoms with E-state index in [2.05, 4.69) is 22.9 Å². The zero-order chi connectivity index (χ0) is 24.8. The average molecular weight is 479 g/mol. The summed E-state index contributed by atoms with van der Waals surface area (Å²) in [6, 6.07) is 0.709. The summed E-state index contributed by atoms with van der Waals surface area (Å²) in [5.74, 6) is -0.890. The van der Waals surface area contributed by atoms with Crippen LogP contribution in [0.5, 0.6) is 0 Å². The minimum atomic E-state index is -1.33. The van der Waals surface area contributed by atoms with Crippen molar-refractivity contribution in [3.8, 4) is 0 Å². The number of piperazine rings is 1. The zero-order valence-corrected chi connectivity index (χ0v) is 19.9. The first-order valence-corrected chi connectivity index (χ1v) is 11.8. The number of carboxylic acid groups (broad SMARTS) is 1. The van der Waals surface area contributed by atoms with Crippen molar-refractivity contribution in [2.45, 2.75) is 57.0 Å². The maximum absolute atomic E-state index is 13.5. The lowest BCUT2D eigenvalue weighted by Gasteiger charge is -2.39. The van der Waals surface area contributed by atoms with Gasteiger partial charge in [-0.25, -0.2) is 4.79 Å². The van der Waals surface area contributed by atoms with Gasteiger partial charge in [0.2, 0.25) is 11.6 Å². The summed E-state index contributed by atoms with van der Waals surface area (Å²) in [6.45, 7) is 6.71. The molecule has 34 heavy (non-hydrogen) atoms. The summed E-state index contributed by atoms with van der Waals surface area (Å²) in [5, 5.41) is 20.8. The van der Waals surface area contributed by atoms with Crippen molar-refractivity contribution < 1.29 is 34.1 Å². The van der Waals surface area contributed by atoms with Gasteiger partial charge in [0.1, 0.15) is 0 Å². The van der Waals surface area contributed by atoms with Crippen molar-refractivity contribution in [1.82, 2.24) is 15.1 Å². The van der Waals surface area contributed by atoms with Crippen LogP contribution in [0.2, 0.25) is 0 Å². The number of ether oxygens (including phenoxy) is 2. The number of likely N-dealkylation sites (tertiary alicyclic amines) is 1. The normalized spacial score (nSPS) is 34.1. The molecule has 188 valence electrons. The Labute approximate surface area is 198 Å². The van der Waals surface area contributed by atoms with E-state index in [1.165, 1.54) is 6.42 Å². The highest BCUT2D eigenvalue weighted by Gasteiger charge is 2.72. The van der Waals surface area contributed by atoms with Gasteiger partial charge in [0, 0.05) is 36.9 Å². The molecule has 4 heterocycles. The minimum Gasteiger partial charge on any atom is -0.489 e. The maximum atomic E-state index is 13.5. The first-order valence-electron chi connectivity index (χ1n) is 11.8. The number of primary amides is 1. The largest absolute Gasteiger partial charge is 0.489 e. The van der Waals surface area contributed by atoms with Crippen LogP contribution in [0.1, 0.15) is 33.1 Å². The number of carbonyl (C=O) groups is 3. The third-order valence-corrected chi connectivity index (χ3v) is 7.77. The molecule has 0 aromatic rings. The van der Waals surface area contributed by atoms with Gasteiger partial charge in [-0.2, -0.15) is 0 Å². The number of aliphatic hydroxyl groups is 1. The van der Waals surface area contributed by atoms with E-state index in [0.29, 0.717) is 36.0 Å². The molecule has 0 radical (unpaired) electrons. The Morgan fingerprint density at radius 1 is 1.32 bits per heavy atom. The van der Waals surface area contributed by atoms with E-state index in [1.54, 1.807) is 14.0 Å². The van der Waals surface area contributed by atoms with E-state index in [4.69, 9.17) is 19.4 Å². The Bertz CT molecular complexity index is 944. The Balaban J connectivity index is 0.000000636. The molecule has 0 spiro atoms. The summed E-state index contributed by atoms with van der Waals surface area (Å²) in [5.41, 5.74) is 4.26. The molecule has 3 fully saturated rings. The van der Waals surface area contributed by atoms with Crippen LogP contribution in [0.15, 0.2) is 22.6 Å². The molecule has 11 heteroatoms. The van der Waals surface area contributed by atoms with Gasteiger partial charge in [-0.05, 0) is 39.3 Å². The number of Topliss-reactive ketones (excluding diaryl/α,β-unsaturated/α-hetero) is 2. The molecule has 0 aromatic carbocycles. The third kappa shape index (κ3) is 3.71. The van der Waals surface area contributed by atoms with Crippen molar-refractivity contribution in [3.05, 3.63) is 22.6 Å². The monoisotopic (exact) mass is 478 g/mol. The molecule has 11 nitrogen and oxygen atoms in total. The number of hydrogen-bond acceptors (Lipinski definition) is 9. The summed E-state index contributed by atoms with van der Waals surface area (Å²) in [6.07, 6.45) is 1.84. The second kappa shape index (κ2) is 9.29. The predicted molar refractivity (Wildman–Crippen MR) is 121 cm³/mol. The topological polar surface area (TPSA) is 165 Å². The molecule has 5 rings (SSSR count). The van der Waals surface area contributed by atoms with E-state index in [0.717, 1.165) is 25.9 Å². The van der Waals surface area contributed by atoms with Gasteiger partial charge in [0.25, 0.3) is 0 Å². The second-order valence-corrected chi connectivity index (χ2v) is 9.33. The highest BCUT2D eigenvalue weighted by molar-refractivity contribution is 6.25. The van der Waals surface area contributed by atoms with Crippen molar-refractivity contribution >= 4 is 17.7 Å². The summed E-state index contributed by atoms with van der Waals surface area (Å²) < 4.78 is 11.9. The second-order valence-electron chi connectivity index (χ2n) is 9.33. The first-order chi connectivity index (χ1) is 16.2. The molecule has 0 aromatic heterocycles. The number of rotatable bonds is 7. The smallest absolute Gasteiger partial charge is 0.402 e. The molecule has 5 unspecified atom stereocenters. The number of ketones is 2. The Morgan fingerprint density at radius 2 is 2.03 bits per heavy atom. The average Bonchev–Trinajstić information content (AvgIpc) is 3.17. The molecule has 1 amide bonds. The van der Waals surface area contributed by atoms with Crippen LogP contribution in [0.3, 0.4) is 0 Å². The number of hydrogen-bond donors (Lipinski definition) is 4. The number of fused-ring (bicyclic) bond motifs is 4. The molecule has 1 aliphatic carbocycles. The fraction of sp³-hybridized carbons (Fsp3) is 0.696. The summed E-state index contributed by atoms with van der Waals surface area (Å²) in [7, 11) is 1.59. The molecular formula is C23H34N4O7. The fourth-order valence-electron chi connectivity index (χ4n) is 6.23. The number of amides is 1. The van der Waals surface area contributed by atoms with Gasteiger partial charge in [-0.1, -0.05) is 6.92 Å². The molecule has 4 aliphatic heterocycles. The Hall–Kier alpha value is -2.47. The number of nitrogens with one attached hydrogen (secondary N) is 1. The number of carbonyl (C=O) groups excluding carboxylic acids is 2. The molecule has 5 atom stereocenters. The van der Waals surface area contributed by atoms with Crippen molar-refractivity contribution in [2.24, 2.45) is 11.7 Å². The number of nitrogens with two attached hydrogens (primary N) is 1. The van der Waals surface area contributed by atoms with E-state index in [-0.39, 0.29) is 36.0 Å². The highest BCUT2D eigenvalue weighted by atomic mass is 16.5. The van der Waals surface area contributed by atoms with Gasteiger partial charge >= 0.3 is 6.09 Å². The van der Waals surface area contributed by atoms with E-state index < -0.39 is 17.7 Å². The van der Waals surface area contributed by atoms with Crippen molar-refractivity contribution in [3.63, 3.8) is 0 Å². The van der Waals surface area contributed by atoms with Crippen LogP contribution in [-0.2, 0) is 19.1 Å². The molecule has 3 saturated heterocycles. The fourth-order valence-corrected chi connectivity index (χ4v) is 6.23.